The lowest BCUT2D eigenvalue weighted by molar-refractivity contribution is 0.174. The number of hydrogen-bond donors (Lipinski definition) is 3. The number of amides is 2. The fourth-order valence-electron chi connectivity index (χ4n) is 1.68. The molecule has 0 saturated carbocycles. The van der Waals surface area contributed by atoms with Gasteiger partial charge in [0.15, 0.2) is 0 Å². The fraction of sp³-hybridized carbons (Fsp3) is 0.143. The van der Waals surface area contributed by atoms with Gasteiger partial charge in [0.25, 0.3) is 0 Å². The molecule has 1 aromatic carbocycles. The Morgan fingerprint density at radius 1 is 1.32 bits per heavy atom. The molecule has 1 heterocycles. The zero-order valence-electron chi connectivity index (χ0n) is 11.2. The first-order valence-electron chi connectivity index (χ1n) is 6.25. The molecule has 22 heavy (non-hydrogen) atoms. The third kappa shape index (κ3) is 4.56. The molecule has 1 unspecified atom stereocenters. The summed E-state index contributed by atoms with van der Waals surface area (Å²) in [5.41, 5.74) is 0.777. The Labute approximate surface area is 136 Å². The molecule has 5 nitrogen and oxygen atoms in total. The van der Waals surface area contributed by atoms with E-state index in [1.165, 1.54) is 24.4 Å². The minimum absolute atomic E-state index is 0.0313. The van der Waals surface area contributed by atoms with E-state index in [4.69, 9.17) is 23.2 Å². The lowest BCUT2D eigenvalue weighted by Crippen LogP contribution is -2.32. The van der Waals surface area contributed by atoms with Crippen LogP contribution in [0, 0.1) is 5.82 Å². The van der Waals surface area contributed by atoms with Crippen molar-refractivity contribution in [2.24, 2.45) is 0 Å². The number of aliphatic hydroxyl groups is 1. The second-order valence-electron chi connectivity index (χ2n) is 4.39. The third-order valence-corrected chi connectivity index (χ3v) is 3.28. The smallest absolute Gasteiger partial charge is 0.319 e. The van der Waals surface area contributed by atoms with E-state index in [1.54, 1.807) is 6.07 Å². The molecule has 1 atom stereocenters. The van der Waals surface area contributed by atoms with Gasteiger partial charge < -0.3 is 15.7 Å². The average Bonchev–Trinajstić information content (AvgIpc) is 2.47. The van der Waals surface area contributed by atoms with Crippen molar-refractivity contribution in [1.29, 1.82) is 0 Å². The van der Waals surface area contributed by atoms with E-state index in [0.717, 1.165) is 6.07 Å². The van der Waals surface area contributed by atoms with Gasteiger partial charge in [-0.25, -0.2) is 14.2 Å². The molecule has 0 aliphatic rings. The van der Waals surface area contributed by atoms with Gasteiger partial charge in [0.05, 0.1) is 11.1 Å². The minimum Gasteiger partial charge on any atom is -0.387 e. The summed E-state index contributed by atoms with van der Waals surface area (Å²) < 4.78 is 13.3. The predicted octanol–water partition coefficient (Wildman–Crippen LogP) is 3.38. The first-order chi connectivity index (χ1) is 10.5. The van der Waals surface area contributed by atoms with Crippen molar-refractivity contribution in [3.63, 3.8) is 0 Å². The average molecular weight is 344 g/mol. The molecule has 0 radical (unpaired) electrons. The van der Waals surface area contributed by atoms with Gasteiger partial charge >= 0.3 is 6.03 Å². The highest BCUT2D eigenvalue weighted by Crippen LogP contribution is 2.20. The van der Waals surface area contributed by atoms with Gasteiger partial charge in [-0.2, -0.15) is 0 Å². The number of rotatable bonds is 4. The number of carbonyl (C=O) groups is 1. The van der Waals surface area contributed by atoms with Crippen LogP contribution in [-0.4, -0.2) is 22.7 Å². The summed E-state index contributed by atoms with van der Waals surface area (Å²) in [6.45, 7) is -0.0915. The number of benzene rings is 1. The Morgan fingerprint density at radius 3 is 2.77 bits per heavy atom. The van der Waals surface area contributed by atoms with Gasteiger partial charge in [-0.3, -0.25) is 0 Å². The second-order valence-corrected chi connectivity index (χ2v) is 5.19. The zero-order chi connectivity index (χ0) is 16.1. The van der Waals surface area contributed by atoms with Crippen LogP contribution in [0.5, 0.6) is 0 Å². The van der Waals surface area contributed by atoms with Crippen LogP contribution in [0.2, 0.25) is 10.2 Å². The number of hydrogen-bond acceptors (Lipinski definition) is 3. The molecule has 0 fully saturated rings. The molecule has 0 spiro atoms. The highest BCUT2D eigenvalue weighted by Gasteiger charge is 2.12. The van der Waals surface area contributed by atoms with Crippen LogP contribution in [-0.2, 0) is 0 Å². The summed E-state index contributed by atoms with van der Waals surface area (Å²) in [6, 6.07) is 6.46. The quantitative estimate of drug-likeness (QED) is 0.745. The number of nitrogens with one attached hydrogen (secondary N) is 2. The van der Waals surface area contributed by atoms with Crippen molar-refractivity contribution in [1.82, 2.24) is 10.3 Å². The van der Waals surface area contributed by atoms with Gasteiger partial charge in [0, 0.05) is 18.4 Å². The van der Waals surface area contributed by atoms with Crippen molar-refractivity contribution in [2.45, 2.75) is 6.10 Å². The van der Waals surface area contributed by atoms with Crippen molar-refractivity contribution in [2.75, 3.05) is 11.9 Å². The summed E-state index contributed by atoms with van der Waals surface area (Å²) in [5.74, 6) is -0.630. The van der Waals surface area contributed by atoms with Gasteiger partial charge in [-0.15, -0.1) is 0 Å². The number of carbonyl (C=O) groups excluding carboxylic acids is 1. The highest BCUT2D eigenvalue weighted by molar-refractivity contribution is 6.30. The molecular formula is C14H12Cl2FN3O2. The van der Waals surface area contributed by atoms with Gasteiger partial charge in [0.1, 0.15) is 11.0 Å². The maximum absolute atomic E-state index is 13.3. The van der Waals surface area contributed by atoms with Crippen molar-refractivity contribution in [3.8, 4) is 0 Å². The van der Waals surface area contributed by atoms with E-state index >= 15 is 0 Å². The number of aliphatic hydroxyl groups excluding tert-OH is 1. The molecule has 2 amide bonds. The monoisotopic (exact) mass is 343 g/mol. The second kappa shape index (κ2) is 7.40. The summed E-state index contributed by atoms with van der Waals surface area (Å²) in [4.78, 5) is 15.5. The lowest BCUT2D eigenvalue weighted by atomic mass is 10.1. The number of urea groups is 1. The van der Waals surface area contributed by atoms with Crippen LogP contribution in [0.15, 0.2) is 36.5 Å². The first-order valence-corrected chi connectivity index (χ1v) is 7.00. The number of aromatic nitrogens is 1. The summed E-state index contributed by atoms with van der Waals surface area (Å²) >= 11 is 11.3. The Balaban J connectivity index is 1.88. The number of pyridine rings is 1. The molecule has 8 heteroatoms. The largest absolute Gasteiger partial charge is 0.387 e. The molecule has 0 aliphatic heterocycles. The predicted molar refractivity (Wildman–Crippen MR) is 82.6 cm³/mol. The van der Waals surface area contributed by atoms with Crippen molar-refractivity contribution < 1.29 is 14.3 Å². The standard InChI is InChI=1S/C14H12Cl2FN3O2/c15-10-2-1-8(5-11(10)17)12(21)7-19-14(22)20-9-3-4-18-13(16)6-9/h1-6,12,21H,7H2,(H2,18,19,20,22). The molecule has 1 aromatic heterocycles. The van der Waals surface area contributed by atoms with Crippen LogP contribution in [0.4, 0.5) is 14.9 Å². The minimum atomic E-state index is -1.06. The van der Waals surface area contributed by atoms with E-state index in [-0.39, 0.29) is 16.7 Å². The summed E-state index contributed by atoms with van der Waals surface area (Å²) in [7, 11) is 0. The van der Waals surface area contributed by atoms with Gasteiger partial charge in [0.2, 0.25) is 0 Å². The molecule has 0 bridgehead atoms. The maximum Gasteiger partial charge on any atom is 0.319 e. The van der Waals surface area contributed by atoms with E-state index in [2.05, 4.69) is 15.6 Å². The van der Waals surface area contributed by atoms with Gasteiger partial charge in [-0.1, -0.05) is 29.3 Å². The highest BCUT2D eigenvalue weighted by atomic mass is 35.5. The third-order valence-electron chi connectivity index (χ3n) is 2.77. The zero-order valence-corrected chi connectivity index (χ0v) is 12.7. The Hall–Kier alpha value is -1.89. The maximum atomic E-state index is 13.3. The van der Waals surface area contributed by atoms with Crippen LogP contribution in [0.3, 0.4) is 0 Å². The fourth-order valence-corrected chi connectivity index (χ4v) is 1.97. The summed E-state index contributed by atoms with van der Waals surface area (Å²) in [6.07, 6.45) is 0.391. The summed E-state index contributed by atoms with van der Waals surface area (Å²) in [5, 5.41) is 15.1. The number of anilines is 1. The molecule has 116 valence electrons. The SMILES string of the molecule is O=C(NCC(O)c1ccc(Cl)c(F)c1)Nc1ccnc(Cl)c1. The van der Waals surface area contributed by atoms with Crippen LogP contribution in [0.1, 0.15) is 11.7 Å². The van der Waals surface area contributed by atoms with E-state index in [1.807, 2.05) is 0 Å². The van der Waals surface area contributed by atoms with Crippen LogP contribution in [0.25, 0.3) is 0 Å². The number of nitrogens with zero attached hydrogens (tertiary/aromatic N) is 1. The van der Waals surface area contributed by atoms with E-state index in [9.17, 15) is 14.3 Å². The Bertz CT molecular complexity index is 685. The van der Waals surface area contributed by atoms with Crippen LogP contribution >= 0.6 is 23.2 Å². The Kier molecular flexibility index (Phi) is 5.54. The first kappa shape index (κ1) is 16.5. The molecule has 2 aromatic rings. The number of halogens is 3. The molecule has 0 saturated heterocycles. The van der Waals surface area contributed by atoms with Crippen molar-refractivity contribution in [3.05, 3.63) is 58.1 Å². The lowest BCUT2D eigenvalue weighted by Gasteiger charge is -2.13. The van der Waals surface area contributed by atoms with Crippen LogP contribution < -0.4 is 10.6 Å². The van der Waals surface area contributed by atoms with E-state index < -0.39 is 18.0 Å². The molecular weight excluding hydrogens is 332 g/mol. The molecule has 0 aliphatic carbocycles. The molecule has 3 N–H and O–H groups in total. The van der Waals surface area contributed by atoms with Crippen molar-refractivity contribution >= 4 is 34.9 Å². The van der Waals surface area contributed by atoms with E-state index in [0.29, 0.717) is 11.3 Å². The Morgan fingerprint density at radius 2 is 2.09 bits per heavy atom. The molecule has 2 rings (SSSR count). The van der Waals surface area contributed by atoms with Gasteiger partial charge in [-0.05, 0) is 29.8 Å². The normalized spacial score (nSPS) is 11.8. The topological polar surface area (TPSA) is 74.2 Å².